The average molecular weight is 794 g/mol. The normalized spacial score (nSPS) is 40.3. The third-order valence-corrected chi connectivity index (χ3v) is 12.7. The summed E-state index contributed by atoms with van der Waals surface area (Å²) in [6.45, 7) is 16.3. The molecule has 1 aromatic heterocycles. The number of fused-ring (bicyclic) bond motifs is 1. The number of carbonyl (C=O) groups excluding carboxylic acids is 3. The second-order valence-corrected chi connectivity index (χ2v) is 17.1. The molecule has 15 heteroatoms. The zero-order chi connectivity index (χ0) is 41.9. The minimum Gasteiger partial charge on any atom is -0.455 e. The fraction of sp³-hybridized carbons (Fsp3) is 0.805. The molecule has 14 atom stereocenters. The highest BCUT2D eigenvalue weighted by Gasteiger charge is 2.62. The first-order chi connectivity index (χ1) is 26.2. The van der Waals surface area contributed by atoms with Gasteiger partial charge in [-0.1, -0.05) is 40.7 Å². The Balaban J connectivity index is 1.79. The van der Waals surface area contributed by atoms with Gasteiger partial charge in [-0.15, -0.1) is 0 Å². The lowest BCUT2D eigenvalue weighted by molar-refractivity contribution is -0.296. The zero-order valence-corrected chi connectivity index (χ0v) is 35.6. The number of ketones is 1. The molecule has 0 spiro atoms. The number of methoxy groups -OCH3 is 1. The Morgan fingerprint density at radius 3 is 2.38 bits per heavy atom. The van der Waals surface area contributed by atoms with Crippen molar-refractivity contribution in [1.82, 2.24) is 19.9 Å². The summed E-state index contributed by atoms with van der Waals surface area (Å²) in [6, 6.07) is 2.21. The molecule has 56 heavy (non-hydrogen) atoms. The van der Waals surface area contributed by atoms with Crippen LogP contribution >= 0.6 is 0 Å². The number of aromatic nitrogens is 1. The van der Waals surface area contributed by atoms with Crippen molar-refractivity contribution < 1.29 is 47.6 Å². The van der Waals surface area contributed by atoms with Gasteiger partial charge in [-0.3, -0.25) is 9.78 Å². The van der Waals surface area contributed by atoms with Crippen LogP contribution in [0.4, 0.5) is 9.18 Å². The lowest BCUT2D eigenvalue weighted by Gasteiger charge is -2.48. The number of ether oxygens (including phenoxy) is 5. The van der Waals surface area contributed by atoms with Crippen LogP contribution in [0.5, 0.6) is 0 Å². The summed E-state index contributed by atoms with van der Waals surface area (Å²) in [5.41, 5.74) is 2.35. The third kappa shape index (κ3) is 9.24. The maximum Gasteiger partial charge on any atom is 0.425 e. The molecule has 0 radical (unpaired) electrons. The molecule has 4 heterocycles. The van der Waals surface area contributed by atoms with E-state index in [1.807, 2.05) is 70.0 Å². The molecule has 0 aliphatic carbocycles. The molecule has 0 bridgehead atoms. The molecular formula is C41H68FN5O9. The lowest BCUT2D eigenvalue weighted by Crippen LogP contribution is -2.64. The second kappa shape index (κ2) is 18.4. The van der Waals surface area contributed by atoms with Gasteiger partial charge in [0, 0.05) is 50.6 Å². The third-order valence-electron chi connectivity index (χ3n) is 12.7. The smallest absolute Gasteiger partial charge is 0.425 e. The number of halogens is 1. The molecule has 3 aliphatic heterocycles. The van der Waals surface area contributed by atoms with Crippen molar-refractivity contribution in [2.24, 2.45) is 23.5 Å². The van der Waals surface area contributed by atoms with E-state index in [0.717, 1.165) is 18.9 Å². The Morgan fingerprint density at radius 2 is 1.80 bits per heavy atom. The van der Waals surface area contributed by atoms with E-state index >= 15 is 4.39 Å². The first kappa shape index (κ1) is 45.9. The zero-order valence-electron chi connectivity index (χ0n) is 35.6. The predicted molar refractivity (Wildman–Crippen MR) is 208 cm³/mol. The summed E-state index contributed by atoms with van der Waals surface area (Å²) in [5, 5.41) is 15.0. The average Bonchev–Trinajstić information content (AvgIpc) is 3.43. The van der Waals surface area contributed by atoms with Crippen molar-refractivity contribution in [2.45, 2.75) is 160 Å². The second-order valence-electron chi connectivity index (χ2n) is 17.1. The number of aliphatic hydroxyl groups is 1. The minimum atomic E-state index is -3.14. The Morgan fingerprint density at radius 1 is 1.12 bits per heavy atom. The molecule has 3 aliphatic rings. The number of pyridine rings is 1. The number of amides is 1. The molecule has 1 aromatic rings. The van der Waals surface area contributed by atoms with E-state index in [4.69, 9.17) is 29.4 Å². The van der Waals surface area contributed by atoms with Crippen LogP contribution in [0, 0.1) is 17.8 Å². The van der Waals surface area contributed by atoms with E-state index in [-0.39, 0.29) is 30.9 Å². The summed E-state index contributed by atoms with van der Waals surface area (Å²) in [6.07, 6.45) is 0.291. The molecule has 0 saturated carbocycles. The van der Waals surface area contributed by atoms with E-state index in [2.05, 4.69) is 4.98 Å². The number of nitrogens with two attached hydrogens (primary N) is 1. The molecular weight excluding hydrogens is 725 g/mol. The fourth-order valence-electron chi connectivity index (χ4n) is 9.29. The number of carbonyl (C=O) groups is 3. The Kier molecular flexibility index (Phi) is 15.1. The first-order valence-electron chi connectivity index (χ1n) is 20.2. The number of hydrazine groups is 1. The van der Waals surface area contributed by atoms with Crippen molar-refractivity contribution in [3.63, 3.8) is 0 Å². The molecule has 0 aromatic carbocycles. The summed E-state index contributed by atoms with van der Waals surface area (Å²) >= 11 is 0. The van der Waals surface area contributed by atoms with Crippen LogP contribution in [0.15, 0.2) is 24.5 Å². The molecule has 3 saturated heterocycles. The van der Waals surface area contributed by atoms with E-state index in [0.29, 0.717) is 25.9 Å². The number of Topliss-reactive ketones (excluding diaryl/α,β-unsaturated/α-hetero) is 1. The fourth-order valence-corrected chi connectivity index (χ4v) is 9.29. The summed E-state index contributed by atoms with van der Waals surface area (Å²) in [4.78, 5) is 48.5. The number of esters is 1. The number of likely N-dealkylation sites (N-methyl/N-ethyl adjacent to an activating group) is 1. The molecule has 3 N–H and O–H groups in total. The summed E-state index contributed by atoms with van der Waals surface area (Å²) in [5.74, 6) is -4.59. The minimum absolute atomic E-state index is 0.153. The van der Waals surface area contributed by atoms with Crippen LogP contribution in [0.2, 0.25) is 0 Å². The van der Waals surface area contributed by atoms with E-state index in [9.17, 15) is 19.5 Å². The van der Waals surface area contributed by atoms with Crippen LogP contribution in [0.25, 0.3) is 0 Å². The van der Waals surface area contributed by atoms with Gasteiger partial charge in [0.05, 0.1) is 23.9 Å². The Labute approximate surface area is 332 Å². The van der Waals surface area contributed by atoms with Crippen LogP contribution in [-0.2, 0) is 39.7 Å². The van der Waals surface area contributed by atoms with Gasteiger partial charge in [-0.2, -0.15) is 0 Å². The van der Waals surface area contributed by atoms with Crippen molar-refractivity contribution in [2.75, 3.05) is 34.3 Å². The van der Waals surface area contributed by atoms with E-state index in [1.54, 1.807) is 32.0 Å². The molecule has 1 amide bonds. The van der Waals surface area contributed by atoms with Gasteiger partial charge < -0.3 is 39.4 Å². The number of rotatable bonds is 11. The maximum absolute atomic E-state index is 16.9. The highest BCUT2D eigenvalue weighted by molar-refractivity contribution is 6.07. The Bertz CT molecular complexity index is 1490. The highest BCUT2D eigenvalue weighted by atomic mass is 19.1. The quantitative estimate of drug-likeness (QED) is 0.241. The summed E-state index contributed by atoms with van der Waals surface area (Å²) < 4.78 is 48.0. The highest BCUT2D eigenvalue weighted by Crippen LogP contribution is 2.44. The standard InChI is InChI=1S/C41H68FN5O9/c1-13-30-41(9)33(47(38(51)56-41)46(14-2)20-16-18-28-17-15-19-44-23-28)26(5)31(43)24(3)22-39(7,52-12)35(27(6)34(49)40(8,42)37(50)54-30)55-36-32(48)29(45(10)11)21-25(4)53-36/h15,17,19,23-27,29-33,35-36,48H,13-14,16,18,20-22,43H2,1-12H3/t24-,25-,26-,27+,29+,30+,31?,32-,33-,35-,36+,39+,40?,41-/m1/s1. The largest absolute Gasteiger partial charge is 0.455 e. The van der Waals surface area contributed by atoms with Gasteiger partial charge in [0.25, 0.3) is 5.67 Å². The molecule has 318 valence electrons. The number of hydrogen-bond acceptors (Lipinski definition) is 13. The number of cyclic esters (lactones) is 1. The van der Waals surface area contributed by atoms with Crippen LogP contribution in [-0.4, -0.2) is 143 Å². The molecule has 3 fully saturated rings. The van der Waals surface area contributed by atoms with Gasteiger partial charge in [-0.05, 0) is 97.4 Å². The number of alkyl halides is 1. The maximum atomic E-state index is 16.9. The molecule has 2 unspecified atom stereocenters. The Hall–Kier alpha value is -2.79. The predicted octanol–water partition coefficient (Wildman–Crippen LogP) is 4.31. The van der Waals surface area contributed by atoms with Crippen molar-refractivity contribution >= 4 is 17.8 Å². The number of aryl methyl sites for hydroxylation is 1. The number of nitrogens with zero attached hydrogens (tertiary/aromatic N) is 4. The van der Waals surface area contributed by atoms with Crippen LogP contribution < -0.4 is 5.73 Å². The monoisotopic (exact) mass is 794 g/mol. The number of aliphatic hydroxyl groups excluding tert-OH is 1. The van der Waals surface area contributed by atoms with Gasteiger partial charge in [0.1, 0.15) is 12.2 Å². The van der Waals surface area contributed by atoms with Crippen molar-refractivity contribution in [3.05, 3.63) is 30.1 Å². The van der Waals surface area contributed by atoms with Gasteiger partial charge >= 0.3 is 12.1 Å². The van der Waals surface area contributed by atoms with Gasteiger partial charge in [0.2, 0.25) is 0 Å². The van der Waals surface area contributed by atoms with Crippen LogP contribution in [0.1, 0.15) is 93.6 Å². The van der Waals surface area contributed by atoms with E-state index in [1.165, 1.54) is 14.0 Å². The lowest BCUT2D eigenvalue weighted by atomic mass is 9.72. The SMILES string of the molecule is CC[C@@H]1OC(=O)C(C)(F)C(=O)[C@H](C)[C@@H](O[C@@H]2O[C@H](C)C[C@H](N(C)C)[C@H]2O)[C@@](C)(OC)C[C@@H](C)C(N)[C@@H](C)[C@H]2N(N(CC)CCCc3cccnc3)C(=O)O[C@]12C. The van der Waals surface area contributed by atoms with Gasteiger partial charge in [-0.25, -0.2) is 24.0 Å². The van der Waals surface area contributed by atoms with Crippen molar-refractivity contribution in [3.8, 4) is 0 Å². The number of hydrogen-bond donors (Lipinski definition) is 2. The topological polar surface area (TPSA) is 166 Å². The van der Waals surface area contributed by atoms with Gasteiger partial charge in [0.15, 0.2) is 17.7 Å². The van der Waals surface area contributed by atoms with E-state index < -0.39 is 83.2 Å². The van der Waals surface area contributed by atoms with Crippen LogP contribution in [0.3, 0.4) is 0 Å². The summed E-state index contributed by atoms with van der Waals surface area (Å²) in [7, 11) is 5.17. The van der Waals surface area contributed by atoms with Crippen molar-refractivity contribution in [1.29, 1.82) is 0 Å². The molecule has 14 nitrogen and oxygen atoms in total. The molecule has 4 rings (SSSR count). The first-order valence-corrected chi connectivity index (χ1v) is 20.2.